The molecule has 0 rings (SSSR count). The molecule has 0 aliphatic carbocycles. The summed E-state index contributed by atoms with van der Waals surface area (Å²) in [4.78, 5) is 13.6. The highest BCUT2D eigenvalue weighted by Gasteiger charge is 1.87. The molecular weight excluding hydrogens is 134 g/mol. The minimum Gasteiger partial charge on any atom is -0.370 e. The van der Waals surface area contributed by atoms with Crippen LogP contribution in [-0.2, 0) is 0 Å². The molecule has 0 unspecified atom stereocenters. The van der Waals surface area contributed by atoms with Gasteiger partial charge in [0.15, 0.2) is 5.96 Å². The van der Waals surface area contributed by atoms with Crippen molar-refractivity contribution in [2.24, 2.45) is 22.2 Å². The van der Waals surface area contributed by atoms with Gasteiger partial charge in [0.05, 0.1) is 6.54 Å². The van der Waals surface area contributed by atoms with E-state index >= 15 is 0 Å². The van der Waals surface area contributed by atoms with Gasteiger partial charge in [-0.3, -0.25) is 4.99 Å². The Balaban J connectivity index is 3.21. The van der Waals surface area contributed by atoms with Gasteiger partial charge in [0.1, 0.15) is 0 Å². The summed E-state index contributed by atoms with van der Waals surface area (Å²) in [6.45, 7) is 0.707. The highest BCUT2D eigenvalue weighted by atomic mass is 16.2. The van der Waals surface area contributed by atoms with Gasteiger partial charge in [-0.2, -0.15) is 0 Å². The predicted molar refractivity (Wildman–Crippen MR) is 38.3 cm³/mol. The molecule has 0 radical (unpaired) electrons. The molecule has 0 atom stereocenters. The SMILES string of the molecule is NC(=O)NCCN=C(N)N. The van der Waals surface area contributed by atoms with Gasteiger partial charge in [-0.1, -0.05) is 0 Å². The van der Waals surface area contributed by atoms with Gasteiger partial charge in [-0.15, -0.1) is 0 Å². The fourth-order valence-corrected chi connectivity index (χ4v) is 0.364. The van der Waals surface area contributed by atoms with Gasteiger partial charge in [0.2, 0.25) is 0 Å². The molecule has 0 aromatic heterocycles. The fourth-order valence-electron chi connectivity index (χ4n) is 0.364. The third-order valence-corrected chi connectivity index (χ3v) is 0.705. The molecule has 0 spiro atoms. The van der Waals surface area contributed by atoms with Crippen LogP contribution in [0.1, 0.15) is 0 Å². The number of nitrogens with one attached hydrogen (secondary N) is 1. The molecule has 0 saturated carbocycles. The van der Waals surface area contributed by atoms with E-state index in [-0.39, 0.29) is 5.96 Å². The number of urea groups is 1. The first kappa shape index (κ1) is 8.54. The molecule has 0 heterocycles. The Hall–Kier alpha value is -1.46. The summed E-state index contributed by atoms with van der Waals surface area (Å²) in [6.07, 6.45) is 0. The Morgan fingerprint density at radius 2 is 2.00 bits per heavy atom. The van der Waals surface area contributed by atoms with Crippen molar-refractivity contribution < 1.29 is 4.79 Å². The molecule has 0 aliphatic heterocycles. The Kier molecular flexibility index (Phi) is 3.78. The van der Waals surface area contributed by atoms with Crippen molar-refractivity contribution in [1.82, 2.24) is 5.32 Å². The van der Waals surface area contributed by atoms with Crippen LogP contribution >= 0.6 is 0 Å². The van der Waals surface area contributed by atoms with E-state index in [4.69, 9.17) is 17.2 Å². The zero-order valence-corrected chi connectivity index (χ0v) is 5.50. The van der Waals surface area contributed by atoms with Gasteiger partial charge < -0.3 is 22.5 Å². The number of carbonyl (C=O) groups excluding carboxylic acids is 1. The van der Waals surface area contributed by atoms with Crippen LogP contribution < -0.4 is 22.5 Å². The fraction of sp³-hybridized carbons (Fsp3) is 0.500. The summed E-state index contributed by atoms with van der Waals surface area (Å²) < 4.78 is 0. The monoisotopic (exact) mass is 145 g/mol. The molecule has 2 amide bonds. The Labute approximate surface area is 58.5 Å². The summed E-state index contributed by atoms with van der Waals surface area (Å²) in [5, 5.41) is 2.32. The molecule has 6 nitrogen and oxygen atoms in total. The van der Waals surface area contributed by atoms with Crippen LogP contribution in [0.15, 0.2) is 4.99 Å². The third kappa shape index (κ3) is 6.54. The lowest BCUT2D eigenvalue weighted by molar-refractivity contribution is 0.249. The molecule has 0 aromatic carbocycles. The van der Waals surface area contributed by atoms with Crippen molar-refractivity contribution in [3.05, 3.63) is 0 Å². The third-order valence-electron chi connectivity index (χ3n) is 0.705. The van der Waals surface area contributed by atoms with Gasteiger partial charge >= 0.3 is 6.03 Å². The summed E-state index contributed by atoms with van der Waals surface area (Å²) in [5.41, 5.74) is 14.7. The van der Waals surface area contributed by atoms with E-state index in [1.165, 1.54) is 0 Å². The van der Waals surface area contributed by atoms with Crippen molar-refractivity contribution in [2.45, 2.75) is 0 Å². The lowest BCUT2D eigenvalue weighted by Gasteiger charge is -1.96. The van der Waals surface area contributed by atoms with E-state index in [1.54, 1.807) is 0 Å². The van der Waals surface area contributed by atoms with E-state index < -0.39 is 6.03 Å². The number of aliphatic imine (C=N–C) groups is 1. The number of nitrogens with zero attached hydrogens (tertiary/aromatic N) is 1. The first-order chi connectivity index (χ1) is 4.63. The molecule has 0 bridgehead atoms. The second-order valence-electron chi connectivity index (χ2n) is 1.60. The first-order valence-corrected chi connectivity index (χ1v) is 2.71. The molecule has 0 aliphatic rings. The molecule has 0 aromatic rings. The van der Waals surface area contributed by atoms with Gasteiger partial charge in [-0.05, 0) is 0 Å². The van der Waals surface area contributed by atoms with Crippen molar-refractivity contribution in [2.75, 3.05) is 13.1 Å². The largest absolute Gasteiger partial charge is 0.370 e. The molecule has 6 heteroatoms. The maximum Gasteiger partial charge on any atom is 0.312 e. The topological polar surface area (TPSA) is 120 Å². The molecular formula is C4H11N5O. The summed E-state index contributed by atoms with van der Waals surface area (Å²) in [5.74, 6) is 0.00581. The van der Waals surface area contributed by atoms with Crippen LogP contribution in [0.4, 0.5) is 4.79 Å². The number of hydrogen-bond donors (Lipinski definition) is 4. The van der Waals surface area contributed by atoms with E-state index in [0.717, 1.165) is 0 Å². The summed E-state index contributed by atoms with van der Waals surface area (Å²) >= 11 is 0. The maximum atomic E-state index is 10.0. The van der Waals surface area contributed by atoms with Crippen LogP contribution in [0.25, 0.3) is 0 Å². The van der Waals surface area contributed by atoms with E-state index in [0.29, 0.717) is 13.1 Å². The normalized spacial score (nSPS) is 8.40. The number of primary amides is 1. The number of rotatable bonds is 3. The first-order valence-electron chi connectivity index (χ1n) is 2.71. The molecule has 10 heavy (non-hydrogen) atoms. The number of hydrogen-bond acceptors (Lipinski definition) is 2. The zero-order valence-electron chi connectivity index (χ0n) is 5.50. The smallest absolute Gasteiger partial charge is 0.312 e. The lowest BCUT2D eigenvalue weighted by atomic mass is 10.6. The maximum absolute atomic E-state index is 10.0. The molecule has 58 valence electrons. The number of carbonyl (C=O) groups is 1. The van der Waals surface area contributed by atoms with Crippen LogP contribution in [-0.4, -0.2) is 25.1 Å². The second kappa shape index (κ2) is 4.42. The average Bonchev–Trinajstić information content (AvgIpc) is 1.79. The standard InChI is InChI=1S/C4H11N5O/c5-3(6)8-1-2-9-4(7)10/h1-2H2,(H4,5,6,8)(H3,7,9,10). The summed E-state index contributed by atoms with van der Waals surface area (Å²) in [7, 11) is 0. The zero-order chi connectivity index (χ0) is 7.98. The van der Waals surface area contributed by atoms with Gasteiger partial charge in [0.25, 0.3) is 0 Å². The Bertz CT molecular complexity index is 139. The van der Waals surface area contributed by atoms with Crippen LogP contribution in [0.5, 0.6) is 0 Å². The minimum absolute atomic E-state index is 0.00581. The molecule has 7 N–H and O–H groups in total. The summed E-state index contributed by atoms with van der Waals surface area (Å²) in [6, 6.07) is -0.578. The van der Waals surface area contributed by atoms with Crippen molar-refractivity contribution in [3.63, 3.8) is 0 Å². The molecule has 0 saturated heterocycles. The lowest BCUT2D eigenvalue weighted by Crippen LogP contribution is -2.32. The molecule has 0 fully saturated rings. The van der Waals surface area contributed by atoms with E-state index in [1.807, 2.05) is 0 Å². The van der Waals surface area contributed by atoms with Crippen molar-refractivity contribution in [3.8, 4) is 0 Å². The second-order valence-corrected chi connectivity index (χ2v) is 1.60. The quantitative estimate of drug-likeness (QED) is 0.207. The average molecular weight is 145 g/mol. The van der Waals surface area contributed by atoms with Crippen molar-refractivity contribution >= 4 is 12.0 Å². The Morgan fingerprint density at radius 3 is 2.40 bits per heavy atom. The predicted octanol–water partition coefficient (Wildman–Crippen LogP) is -2.07. The number of guanidine groups is 1. The number of amides is 2. The minimum atomic E-state index is -0.578. The van der Waals surface area contributed by atoms with E-state index in [2.05, 4.69) is 10.3 Å². The number of nitrogens with two attached hydrogens (primary N) is 3. The van der Waals surface area contributed by atoms with Crippen LogP contribution in [0.3, 0.4) is 0 Å². The highest BCUT2D eigenvalue weighted by molar-refractivity contribution is 5.75. The van der Waals surface area contributed by atoms with Crippen LogP contribution in [0, 0.1) is 0 Å². The van der Waals surface area contributed by atoms with Gasteiger partial charge in [-0.25, -0.2) is 4.79 Å². The van der Waals surface area contributed by atoms with Crippen LogP contribution in [0.2, 0.25) is 0 Å². The van der Waals surface area contributed by atoms with E-state index in [9.17, 15) is 4.79 Å². The Morgan fingerprint density at radius 1 is 1.40 bits per heavy atom. The van der Waals surface area contributed by atoms with Gasteiger partial charge in [0, 0.05) is 6.54 Å². The highest BCUT2D eigenvalue weighted by Crippen LogP contribution is 1.64. The van der Waals surface area contributed by atoms with Crippen molar-refractivity contribution in [1.29, 1.82) is 0 Å².